The van der Waals surface area contributed by atoms with Gasteiger partial charge in [0, 0.05) is 13.1 Å². The minimum atomic E-state index is -1.40. The molecule has 0 radical (unpaired) electrons. The van der Waals surface area contributed by atoms with Gasteiger partial charge in [0.1, 0.15) is 11.6 Å². The van der Waals surface area contributed by atoms with E-state index in [9.17, 15) is 19.7 Å². The number of carboxylic acids is 1. The van der Waals surface area contributed by atoms with Crippen LogP contribution >= 0.6 is 0 Å². The van der Waals surface area contributed by atoms with Gasteiger partial charge < -0.3 is 31.7 Å². The predicted octanol–water partition coefficient (Wildman–Crippen LogP) is -2.38. The first-order valence-corrected chi connectivity index (χ1v) is 7.85. The van der Waals surface area contributed by atoms with Gasteiger partial charge in [0.05, 0.1) is 17.9 Å². The third kappa shape index (κ3) is 4.42. The Kier molecular flexibility index (Phi) is 6.38. The van der Waals surface area contributed by atoms with Gasteiger partial charge in [-0.25, -0.2) is 10.6 Å². The van der Waals surface area contributed by atoms with E-state index in [4.69, 9.17) is 22.1 Å². The maximum absolute atomic E-state index is 12.2. The number of fused-ring (bicyclic) bond motifs is 1. The van der Waals surface area contributed by atoms with E-state index in [1.165, 1.54) is 11.1 Å². The summed E-state index contributed by atoms with van der Waals surface area (Å²) in [7, 11) is -1.40. The molecule has 1 aliphatic heterocycles. The van der Waals surface area contributed by atoms with Crippen molar-refractivity contribution in [1.82, 2.24) is 10.3 Å². The molecule has 12 heteroatoms. The maximum atomic E-state index is 12.2. The summed E-state index contributed by atoms with van der Waals surface area (Å²) in [5, 5.41) is 26.5. The van der Waals surface area contributed by atoms with Crippen LogP contribution in [-0.2, 0) is 11.2 Å². The highest BCUT2D eigenvalue weighted by Gasteiger charge is 2.37. The molecule has 0 aliphatic carbocycles. The summed E-state index contributed by atoms with van der Waals surface area (Å²) in [5.41, 5.74) is 5.90. The number of nitrogens with zero attached hydrogens (tertiary/aromatic N) is 2. The fraction of sp³-hybridized carbons (Fsp3) is 0.357. The Labute approximate surface area is 149 Å². The van der Waals surface area contributed by atoms with Crippen LogP contribution in [-0.4, -0.2) is 59.0 Å². The number of hydrazine groups is 1. The molecule has 0 spiro atoms. The molecule has 0 saturated carbocycles. The average Bonchev–Trinajstić information content (AvgIpc) is 2.59. The molecule has 1 unspecified atom stereocenters. The Balaban J connectivity index is 2.06. The second-order valence-electron chi connectivity index (χ2n) is 5.69. The van der Waals surface area contributed by atoms with Crippen molar-refractivity contribution in [3.8, 4) is 5.75 Å². The van der Waals surface area contributed by atoms with Crippen LogP contribution in [0.25, 0.3) is 0 Å². The lowest BCUT2D eigenvalue weighted by atomic mass is 9.72. The van der Waals surface area contributed by atoms with Crippen LogP contribution in [0.5, 0.6) is 5.75 Å². The summed E-state index contributed by atoms with van der Waals surface area (Å²) in [4.78, 5) is 23.4. The first-order chi connectivity index (χ1) is 12.4. The molecule has 0 bridgehead atoms. The Morgan fingerprint density at radius 1 is 1.46 bits per heavy atom. The molecule has 1 aromatic rings. The molecule has 1 aromatic carbocycles. The van der Waals surface area contributed by atoms with E-state index in [0.717, 1.165) is 0 Å². The number of para-hydroxylation sites is 1. The van der Waals surface area contributed by atoms with E-state index in [-0.39, 0.29) is 43.1 Å². The van der Waals surface area contributed by atoms with Gasteiger partial charge in [-0.2, -0.15) is 5.10 Å². The van der Waals surface area contributed by atoms with Gasteiger partial charge in [-0.1, -0.05) is 12.1 Å². The number of amidine groups is 1. The summed E-state index contributed by atoms with van der Waals surface area (Å²) in [5.74, 6) is 8.75. The van der Waals surface area contributed by atoms with Crippen LogP contribution < -0.4 is 27.4 Å². The number of carboxylic acid groups (broad SMARTS) is 1. The molecule has 1 heterocycles. The largest absolute Gasteiger partial charge is 0.547 e. The smallest absolute Gasteiger partial charge is 0.534 e. The lowest BCUT2D eigenvalue weighted by Crippen LogP contribution is -2.54. The van der Waals surface area contributed by atoms with Gasteiger partial charge in [0.2, 0.25) is 5.91 Å². The molecular formula is C14H21BN6O5. The van der Waals surface area contributed by atoms with E-state index in [2.05, 4.69) is 10.4 Å². The summed E-state index contributed by atoms with van der Waals surface area (Å²) >= 11 is 0. The molecule has 26 heavy (non-hydrogen) atoms. The quantitative estimate of drug-likeness (QED) is 0.105. The highest BCUT2D eigenvalue weighted by molar-refractivity contribution is 6.47. The monoisotopic (exact) mass is 364 g/mol. The summed E-state index contributed by atoms with van der Waals surface area (Å²) in [6, 6.07) is 4.62. The predicted molar refractivity (Wildman–Crippen MR) is 93.8 cm³/mol. The number of carbonyl (C=O) groups is 2. The fourth-order valence-corrected chi connectivity index (χ4v) is 2.61. The van der Waals surface area contributed by atoms with E-state index in [1.807, 2.05) is 0 Å². The number of nitrogens with two attached hydrogens (primary N) is 3. The number of nitrogens with one attached hydrogen (secondary N) is 1. The zero-order valence-electron chi connectivity index (χ0n) is 14.0. The van der Waals surface area contributed by atoms with Crippen LogP contribution in [0.15, 0.2) is 23.3 Å². The van der Waals surface area contributed by atoms with Crippen molar-refractivity contribution in [2.45, 2.75) is 18.8 Å². The van der Waals surface area contributed by atoms with Gasteiger partial charge in [0.15, 0.2) is 0 Å². The molecule has 0 aromatic heterocycles. The highest BCUT2D eigenvalue weighted by atomic mass is 16.5. The fourth-order valence-electron chi connectivity index (χ4n) is 2.61. The third-order valence-corrected chi connectivity index (χ3v) is 3.87. The molecule has 1 atom stereocenters. The average molecular weight is 364 g/mol. The lowest BCUT2D eigenvalue weighted by molar-refractivity contribution is -0.120. The maximum Gasteiger partial charge on any atom is 0.547 e. The van der Waals surface area contributed by atoms with Crippen LogP contribution in [0, 0.1) is 0 Å². The molecule has 0 fully saturated rings. The SMILES string of the molecule is NCCN(N)/C(CC(=O)NC1Cc2cccc(C(=O)O)c2OB1O)=N\N. The molecule has 1 aliphatic rings. The second kappa shape index (κ2) is 8.51. The van der Waals surface area contributed by atoms with Crippen molar-refractivity contribution < 1.29 is 24.4 Å². The normalized spacial score (nSPS) is 16.5. The highest BCUT2D eigenvalue weighted by Crippen LogP contribution is 2.30. The number of amides is 1. The number of aromatic carboxylic acids is 1. The van der Waals surface area contributed by atoms with Crippen molar-refractivity contribution >= 4 is 24.8 Å². The summed E-state index contributed by atoms with van der Waals surface area (Å²) in [6.07, 6.45) is -0.00809. The molecule has 0 saturated heterocycles. The number of carbonyl (C=O) groups excluding carboxylic acids is 1. The molecular weight excluding hydrogens is 343 g/mol. The minimum Gasteiger partial charge on any atom is -0.534 e. The van der Waals surface area contributed by atoms with Gasteiger partial charge in [-0.3, -0.25) is 9.80 Å². The summed E-state index contributed by atoms with van der Waals surface area (Å²) < 4.78 is 5.31. The minimum absolute atomic E-state index is 0.0514. The lowest BCUT2D eigenvalue weighted by Gasteiger charge is -2.29. The van der Waals surface area contributed by atoms with Gasteiger partial charge >= 0.3 is 13.1 Å². The molecule has 9 N–H and O–H groups in total. The molecule has 2 rings (SSSR count). The zero-order chi connectivity index (χ0) is 19.3. The van der Waals surface area contributed by atoms with Crippen molar-refractivity contribution in [2.75, 3.05) is 13.1 Å². The van der Waals surface area contributed by atoms with Crippen LogP contribution in [0.4, 0.5) is 0 Å². The third-order valence-electron chi connectivity index (χ3n) is 3.87. The Bertz CT molecular complexity index is 715. The second-order valence-corrected chi connectivity index (χ2v) is 5.69. The van der Waals surface area contributed by atoms with Crippen molar-refractivity contribution in [1.29, 1.82) is 0 Å². The van der Waals surface area contributed by atoms with E-state index < -0.39 is 24.9 Å². The van der Waals surface area contributed by atoms with Crippen LogP contribution in [0.2, 0.25) is 0 Å². The van der Waals surface area contributed by atoms with E-state index in [0.29, 0.717) is 5.56 Å². The number of hydrazone groups is 1. The van der Waals surface area contributed by atoms with E-state index in [1.54, 1.807) is 12.1 Å². The van der Waals surface area contributed by atoms with Gasteiger partial charge in [-0.15, -0.1) is 0 Å². The first-order valence-electron chi connectivity index (χ1n) is 7.85. The van der Waals surface area contributed by atoms with Crippen molar-refractivity contribution in [3.63, 3.8) is 0 Å². The molecule has 140 valence electrons. The van der Waals surface area contributed by atoms with Crippen LogP contribution in [0.3, 0.4) is 0 Å². The standard InChI is InChI=1S/C14H21BN6O5/c16-4-5-21(18)11(20-17)7-12(22)19-10-6-8-2-1-3-9(14(23)24)13(8)26-15(10)25/h1-3,10,25H,4-7,16-18H2,(H,19,22)(H,23,24)/b20-11-. The zero-order valence-corrected chi connectivity index (χ0v) is 14.0. The van der Waals surface area contributed by atoms with Crippen molar-refractivity contribution in [3.05, 3.63) is 29.3 Å². The van der Waals surface area contributed by atoms with Crippen molar-refractivity contribution in [2.24, 2.45) is 22.5 Å². The number of rotatable bonds is 6. The van der Waals surface area contributed by atoms with Crippen LogP contribution in [0.1, 0.15) is 22.3 Å². The summed E-state index contributed by atoms with van der Waals surface area (Å²) in [6.45, 7) is 0.527. The Morgan fingerprint density at radius 2 is 2.19 bits per heavy atom. The molecule has 1 amide bonds. The van der Waals surface area contributed by atoms with Gasteiger partial charge in [-0.05, 0) is 18.1 Å². The Morgan fingerprint density at radius 3 is 2.81 bits per heavy atom. The topological polar surface area (TPSA) is 190 Å². The first kappa shape index (κ1) is 19.5. The van der Waals surface area contributed by atoms with Gasteiger partial charge in [0.25, 0.3) is 0 Å². The number of hydrogen-bond donors (Lipinski definition) is 6. The van der Waals surface area contributed by atoms with E-state index >= 15 is 0 Å². The number of hydrogen-bond acceptors (Lipinski definition) is 8. The molecule has 11 nitrogen and oxygen atoms in total. The number of benzene rings is 1. The Hall–Kier alpha value is -2.83.